The van der Waals surface area contributed by atoms with Gasteiger partial charge < -0.3 is 4.74 Å². The summed E-state index contributed by atoms with van der Waals surface area (Å²) in [4.78, 5) is 22.9. The van der Waals surface area contributed by atoms with Crippen LogP contribution in [0.15, 0.2) is 34.4 Å². The Hall–Kier alpha value is -1.64. The number of allylic oxidation sites excluding steroid dienone is 5. The van der Waals surface area contributed by atoms with Crippen LogP contribution in [0.25, 0.3) is 0 Å². The second kappa shape index (κ2) is 7.22. The van der Waals surface area contributed by atoms with E-state index in [0.717, 1.165) is 28.7 Å². The number of ether oxygens (including phenoxy) is 1. The van der Waals surface area contributed by atoms with Gasteiger partial charge in [0.15, 0.2) is 5.78 Å². The molecule has 0 amide bonds. The van der Waals surface area contributed by atoms with Gasteiger partial charge in [0.25, 0.3) is 0 Å². The Labute approximate surface area is 121 Å². The summed E-state index contributed by atoms with van der Waals surface area (Å²) in [5, 5.41) is 0. The SMILES string of the molecule is CC(=O)OC/C=C(\C)C[C@@H]1C=C(C)CC(=O)C1=C(C)C. The molecule has 0 bridgehead atoms. The first kappa shape index (κ1) is 16.4. The van der Waals surface area contributed by atoms with Crippen molar-refractivity contribution in [2.45, 2.75) is 47.5 Å². The predicted molar refractivity (Wildman–Crippen MR) is 80.3 cm³/mol. The van der Waals surface area contributed by atoms with Crippen LogP contribution in [0.3, 0.4) is 0 Å². The molecule has 1 aliphatic carbocycles. The van der Waals surface area contributed by atoms with Crippen molar-refractivity contribution in [2.75, 3.05) is 6.61 Å². The Balaban J connectivity index is 2.82. The monoisotopic (exact) mass is 276 g/mol. The maximum absolute atomic E-state index is 12.2. The van der Waals surface area contributed by atoms with Crippen molar-refractivity contribution in [1.29, 1.82) is 0 Å². The summed E-state index contributed by atoms with van der Waals surface area (Å²) >= 11 is 0. The van der Waals surface area contributed by atoms with Crippen molar-refractivity contribution in [3.63, 3.8) is 0 Å². The number of hydrogen-bond acceptors (Lipinski definition) is 3. The fraction of sp³-hybridized carbons (Fsp3) is 0.529. The molecule has 0 radical (unpaired) electrons. The van der Waals surface area contributed by atoms with E-state index >= 15 is 0 Å². The highest BCUT2D eigenvalue weighted by molar-refractivity contribution is 5.99. The smallest absolute Gasteiger partial charge is 0.302 e. The van der Waals surface area contributed by atoms with Crippen molar-refractivity contribution in [2.24, 2.45) is 5.92 Å². The van der Waals surface area contributed by atoms with E-state index in [9.17, 15) is 9.59 Å². The van der Waals surface area contributed by atoms with Crippen LogP contribution >= 0.6 is 0 Å². The molecule has 0 heterocycles. The molecule has 0 saturated carbocycles. The van der Waals surface area contributed by atoms with Gasteiger partial charge in [-0.1, -0.05) is 22.8 Å². The number of carbonyl (C=O) groups is 2. The molecule has 0 N–H and O–H groups in total. The van der Waals surface area contributed by atoms with E-state index in [1.165, 1.54) is 6.92 Å². The molecule has 0 saturated heterocycles. The van der Waals surface area contributed by atoms with Gasteiger partial charge >= 0.3 is 5.97 Å². The zero-order chi connectivity index (χ0) is 15.3. The zero-order valence-electron chi connectivity index (χ0n) is 13.1. The first-order chi connectivity index (χ1) is 9.31. The molecule has 20 heavy (non-hydrogen) atoms. The topological polar surface area (TPSA) is 43.4 Å². The van der Waals surface area contributed by atoms with E-state index in [1.54, 1.807) is 0 Å². The van der Waals surface area contributed by atoms with E-state index in [2.05, 4.69) is 6.08 Å². The molecule has 3 heteroatoms. The molecule has 0 aromatic rings. The Morgan fingerprint density at radius 2 is 2.00 bits per heavy atom. The first-order valence-corrected chi connectivity index (χ1v) is 6.98. The van der Waals surface area contributed by atoms with Gasteiger partial charge in [0.2, 0.25) is 0 Å². The van der Waals surface area contributed by atoms with Crippen molar-refractivity contribution < 1.29 is 14.3 Å². The Bertz CT molecular complexity index is 488. The summed E-state index contributed by atoms with van der Waals surface area (Å²) in [7, 11) is 0. The number of rotatable bonds is 4. The Morgan fingerprint density at radius 3 is 2.55 bits per heavy atom. The van der Waals surface area contributed by atoms with E-state index in [0.29, 0.717) is 13.0 Å². The van der Waals surface area contributed by atoms with Gasteiger partial charge in [0, 0.05) is 24.8 Å². The maximum atomic E-state index is 12.2. The molecule has 0 aromatic heterocycles. The number of Topliss-reactive ketones (excluding diaryl/α,β-unsaturated/α-hetero) is 1. The fourth-order valence-electron chi connectivity index (χ4n) is 2.58. The minimum Gasteiger partial charge on any atom is -0.462 e. The third-order valence-corrected chi connectivity index (χ3v) is 3.40. The highest BCUT2D eigenvalue weighted by Gasteiger charge is 2.25. The molecule has 0 fully saturated rings. The highest BCUT2D eigenvalue weighted by Crippen LogP contribution is 2.32. The molecule has 0 aromatic carbocycles. The van der Waals surface area contributed by atoms with E-state index in [1.807, 2.05) is 33.8 Å². The lowest BCUT2D eigenvalue weighted by Gasteiger charge is -2.24. The van der Waals surface area contributed by atoms with Gasteiger partial charge in [0.1, 0.15) is 6.61 Å². The Morgan fingerprint density at radius 1 is 1.35 bits per heavy atom. The largest absolute Gasteiger partial charge is 0.462 e. The average molecular weight is 276 g/mol. The molecule has 0 spiro atoms. The van der Waals surface area contributed by atoms with Gasteiger partial charge in [-0.05, 0) is 40.2 Å². The van der Waals surface area contributed by atoms with E-state index in [-0.39, 0.29) is 17.7 Å². The third kappa shape index (κ3) is 4.80. The number of ketones is 1. The first-order valence-electron chi connectivity index (χ1n) is 6.98. The molecular formula is C17H24O3. The lowest BCUT2D eigenvalue weighted by atomic mass is 9.80. The molecular weight excluding hydrogens is 252 g/mol. The summed E-state index contributed by atoms with van der Waals surface area (Å²) in [5.74, 6) is 0.111. The number of esters is 1. The van der Waals surface area contributed by atoms with Crippen molar-refractivity contribution in [1.82, 2.24) is 0 Å². The van der Waals surface area contributed by atoms with Crippen LogP contribution in [0.5, 0.6) is 0 Å². The standard InChI is InChI=1S/C17H24O3/c1-11(2)17-15(9-13(4)10-16(17)19)8-12(3)6-7-20-14(5)18/h6,9,15H,7-8,10H2,1-5H3/b12-6+/t15-/m1/s1. The third-order valence-electron chi connectivity index (χ3n) is 3.40. The van der Waals surface area contributed by atoms with Gasteiger partial charge in [-0.15, -0.1) is 0 Å². The molecule has 0 unspecified atom stereocenters. The van der Waals surface area contributed by atoms with Crippen molar-refractivity contribution in [3.05, 3.63) is 34.4 Å². The second-order valence-corrected chi connectivity index (χ2v) is 5.69. The van der Waals surface area contributed by atoms with Crippen molar-refractivity contribution >= 4 is 11.8 Å². The van der Waals surface area contributed by atoms with Crippen LogP contribution in [-0.4, -0.2) is 18.4 Å². The summed E-state index contributed by atoms with van der Waals surface area (Å²) in [5.41, 5.74) is 4.30. The van der Waals surface area contributed by atoms with Crippen LogP contribution in [0.4, 0.5) is 0 Å². The zero-order valence-corrected chi connectivity index (χ0v) is 13.1. The van der Waals surface area contributed by atoms with E-state index < -0.39 is 0 Å². The minimum absolute atomic E-state index is 0.148. The molecule has 1 aliphatic rings. The van der Waals surface area contributed by atoms with Gasteiger partial charge in [-0.25, -0.2) is 0 Å². The van der Waals surface area contributed by atoms with E-state index in [4.69, 9.17) is 4.74 Å². The predicted octanol–water partition coefficient (Wildman–Crippen LogP) is 3.76. The molecule has 110 valence electrons. The van der Waals surface area contributed by atoms with Crippen LogP contribution < -0.4 is 0 Å². The number of hydrogen-bond donors (Lipinski definition) is 0. The average Bonchev–Trinajstić information content (AvgIpc) is 2.26. The van der Waals surface area contributed by atoms with Gasteiger partial charge in [0.05, 0.1) is 0 Å². The Kier molecular flexibility index (Phi) is 5.93. The second-order valence-electron chi connectivity index (χ2n) is 5.69. The van der Waals surface area contributed by atoms with Crippen LogP contribution in [0.2, 0.25) is 0 Å². The summed E-state index contributed by atoms with van der Waals surface area (Å²) in [6.45, 7) is 9.70. The maximum Gasteiger partial charge on any atom is 0.302 e. The summed E-state index contributed by atoms with van der Waals surface area (Å²) in [6.07, 6.45) is 5.43. The molecule has 1 rings (SSSR count). The van der Waals surface area contributed by atoms with Gasteiger partial charge in [-0.2, -0.15) is 0 Å². The summed E-state index contributed by atoms with van der Waals surface area (Å²) < 4.78 is 4.91. The lowest BCUT2D eigenvalue weighted by Crippen LogP contribution is -2.19. The van der Waals surface area contributed by atoms with Gasteiger partial charge in [-0.3, -0.25) is 9.59 Å². The summed E-state index contributed by atoms with van der Waals surface area (Å²) in [6, 6.07) is 0. The molecule has 3 nitrogen and oxygen atoms in total. The quantitative estimate of drug-likeness (QED) is 0.446. The highest BCUT2D eigenvalue weighted by atomic mass is 16.5. The normalized spacial score (nSPS) is 19.8. The van der Waals surface area contributed by atoms with Crippen LogP contribution in [0.1, 0.15) is 47.5 Å². The number of carbonyl (C=O) groups excluding carboxylic acids is 2. The van der Waals surface area contributed by atoms with Crippen LogP contribution in [-0.2, 0) is 14.3 Å². The molecule has 1 atom stereocenters. The fourth-order valence-corrected chi connectivity index (χ4v) is 2.58. The lowest BCUT2D eigenvalue weighted by molar-refractivity contribution is -0.139. The van der Waals surface area contributed by atoms with Crippen LogP contribution in [0, 0.1) is 5.92 Å². The minimum atomic E-state index is -0.275. The van der Waals surface area contributed by atoms with Crippen molar-refractivity contribution in [3.8, 4) is 0 Å². The molecule has 0 aliphatic heterocycles.